The molecule has 0 N–H and O–H groups in total. The summed E-state index contributed by atoms with van der Waals surface area (Å²) in [6, 6.07) is 6.98. The van der Waals surface area contributed by atoms with Crippen molar-refractivity contribution in [1.82, 2.24) is 9.80 Å². The van der Waals surface area contributed by atoms with Gasteiger partial charge in [0, 0.05) is 25.2 Å². The maximum absolute atomic E-state index is 12.9. The van der Waals surface area contributed by atoms with Crippen molar-refractivity contribution in [3.8, 4) is 0 Å². The number of amides is 2. The Bertz CT molecular complexity index is 627. The van der Waals surface area contributed by atoms with Crippen LogP contribution in [0.3, 0.4) is 0 Å². The zero-order valence-corrected chi connectivity index (χ0v) is 16.2. The van der Waals surface area contributed by atoms with Gasteiger partial charge in [0.2, 0.25) is 5.91 Å². The topological polar surface area (TPSA) is 49.9 Å². The predicted octanol–water partition coefficient (Wildman–Crippen LogP) is 4.09. The average Bonchev–Trinajstić information content (AvgIpc) is 2.52. The molecule has 0 bridgehead atoms. The fraction of sp³-hybridized carbons (Fsp3) is 0.579. The third kappa shape index (κ3) is 5.63. The Morgan fingerprint density at radius 1 is 1.32 bits per heavy atom. The van der Waals surface area contributed by atoms with Gasteiger partial charge in [0.15, 0.2) is 0 Å². The number of hydrogen-bond acceptors (Lipinski definition) is 3. The Balaban J connectivity index is 2.07. The van der Waals surface area contributed by atoms with Crippen LogP contribution < -0.4 is 0 Å². The fourth-order valence-electron chi connectivity index (χ4n) is 2.97. The minimum Gasteiger partial charge on any atom is -0.444 e. The molecule has 0 spiro atoms. The van der Waals surface area contributed by atoms with Gasteiger partial charge in [-0.3, -0.25) is 9.69 Å². The van der Waals surface area contributed by atoms with E-state index in [2.05, 4.69) is 0 Å². The molecule has 2 rings (SSSR count). The highest BCUT2D eigenvalue weighted by Gasteiger charge is 2.36. The van der Waals surface area contributed by atoms with Gasteiger partial charge in [0.05, 0.1) is 0 Å². The summed E-state index contributed by atoms with van der Waals surface area (Å²) in [6.45, 7) is 6.50. The Kier molecular flexibility index (Phi) is 6.33. The molecule has 1 fully saturated rings. The smallest absolute Gasteiger partial charge is 0.410 e. The Morgan fingerprint density at radius 3 is 2.68 bits per heavy atom. The maximum atomic E-state index is 12.9. The third-order valence-corrected chi connectivity index (χ3v) is 4.34. The lowest BCUT2D eigenvalue weighted by molar-refractivity contribution is -0.137. The van der Waals surface area contributed by atoms with Crippen LogP contribution in [0.25, 0.3) is 0 Å². The molecule has 1 aromatic rings. The summed E-state index contributed by atoms with van der Waals surface area (Å²) in [5, 5.41) is 0.645. The summed E-state index contributed by atoms with van der Waals surface area (Å²) in [6.07, 6.45) is 2.07. The Hall–Kier alpha value is -1.75. The van der Waals surface area contributed by atoms with Crippen LogP contribution in [-0.4, -0.2) is 47.0 Å². The fourth-order valence-corrected chi connectivity index (χ4v) is 3.18. The molecule has 0 aliphatic carbocycles. The summed E-state index contributed by atoms with van der Waals surface area (Å²) in [4.78, 5) is 28.6. The molecule has 0 radical (unpaired) electrons. The Labute approximate surface area is 154 Å². The van der Waals surface area contributed by atoms with Gasteiger partial charge in [-0.05, 0) is 57.7 Å². The minimum atomic E-state index is -0.575. The van der Waals surface area contributed by atoms with Crippen LogP contribution >= 0.6 is 11.6 Å². The van der Waals surface area contributed by atoms with E-state index in [0.717, 1.165) is 18.4 Å². The number of likely N-dealkylation sites (tertiary alicyclic amines) is 1. The molecule has 1 heterocycles. The van der Waals surface area contributed by atoms with Gasteiger partial charge >= 0.3 is 6.09 Å². The normalized spacial score (nSPS) is 18.0. The highest BCUT2D eigenvalue weighted by molar-refractivity contribution is 6.30. The molecule has 1 atom stereocenters. The molecule has 5 nitrogen and oxygen atoms in total. The molecule has 25 heavy (non-hydrogen) atoms. The zero-order valence-electron chi connectivity index (χ0n) is 15.4. The molecule has 0 saturated carbocycles. The van der Waals surface area contributed by atoms with Crippen molar-refractivity contribution in [3.05, 3.63) is 34.9 Å². The van der Waals surface area contributed by atoms with E-state index in [-0.39, 0.29) is 5.91 Å². The first kappa shape index (κ1) is 19.6. The van der Waals surface area contributed by atoms with Crippen LogP contribution in [0.1, 0.15) is 45.6 Å². The molecule has 2 amide bonds. The number of halogens is 1. The number of nitrogens with zero attached hydrogens (tertiary/aromatic N) is 2. The molecule has 0 aromatic heterocycles. The largest absolute Gasteiger partial charge is 0.444 e. The van der Waals surface area contributed by atoms with E-state index in [1.165, 1.54) is 0 Å². The lowest BCUT2D eigenvalue weighted by atomic mass is 10.0. The average molecular weight is 367 g/mol. The first-order chi connectivity index (χ1) is 11.7. The van der Waals surface area contributed by atoms with Crippen molar-refractivity contribution >= 4 is 23.6 Å². The summed E-state index contributed by atoms with van der Waals surface area (Å²) in [5.74, 6) is -0.0643. The number of piperidine rings is 1. The number of carbonyl (C=O) groups excluding carboxylic acids is 2. The van der Waals surface area contributed by atoms with Crippen LogP contribution in [-0.2, 0) is 16.1 Å². The molecule has 1 aliphatic rings. The lowest BCUT2D eigenvalue weighted by Crippen LogP contribution is -2.53. The second kappa shape index (κ2) is 8.09. The number of ether oxygens (including phenoxy) is 1. The maximum Gasteiger partial charge on any atom is 0.410 e. The quantitative estimate of drug-likeness (QED) is 0.809. The van der Waals surface area contributed by atoms with Crippen molar-refractivity contribution in [2.75, 3.05) is 13.6 Å². The van der Waals surface area contributed by atoms with E-state index in [4.69, 9.17) is 16.3 Å². The van der Waals surface area contributed by atoms with E-state index in [9.17, 15) is 9.59 Å². The van der Waals surface area contributed by atoms with E-state index < -0.39 is 17.7 Å². The van der Waals surface area contributed by atoms with Gasteiger partial charge in [0.25, 0.3) is 0 Å². The molecule has 138 valence electrons. The summed E-state index contributed by atoms with van der Waals surface area (Å²) >= 11 is 6.01. The third-order valence-electron chi connectivity index (χ3n) is 4.10. The van der Waals surface area contributed by atoms with Gasteiger partial charge in [-0.1, -0.05) is 23.7 Å². The SMILES string of the molecule is CN(Cc1cccc(Cl)c1)C(=O)C1CCCCN1C(=O)OC(C)(C)C. The number of benzene rings is 1. The predicted molar refractivity (Wildman–Crippen MR) is 98.5 cm³/mol. The van der Waals surface area contributed by atoms with Crippen molar-refractivity contribution in [1.29, 1.82) is 0 Å². The van der Waals surface area contributed by atoms with Gasteiger partial charge in [0.1, 0.15) is 11.6 Å². The lowest BCUT2D eigenvalue weighted by Gasteiger charge is -2.37. The van der Waals surface area contributed by atoms with Crippen molar-refractivity contribution in [3.63, 3.8) is 0 Å². The second-order valence-corrected chi connectivity index (χ2v) is 7.95. The summed E-state index contributed by atoms with van der Waals surface area (Å²) in [7, 11) is 1.76. The minimum absolute atomic E-state index is 0.0643. The number of carbonyl (C=O) groups is 2. The van der Waals surface area contributed by atoms with E-state index >= 15 is 0 Å². The number of likely N-dealkylation sites (N-methyl/N-ethyl adjacent to an activating group) is 1. The second-order valence-electron chi connectivity index (χ2n) is 7.51. The van der Waals surface area contributed by atoms with Crippen LogP contribution in [0.4, 0.5) is 4.79 Å². The number of rotatable bonds is 3. The van der Waals surface area contributed by atoms with Crippen LogP contribution in [0.5, 0.6) is 0 Å². The van der Waals surface area contributed by atoms with E-state index in [1.54, 1.807) is 22.9 Å². The molecule has 6 heteroatoms. The standard InChI is InChI=1S/C19H27ClN2O3/c1-19(2,3)25-18(24)22-11-6-5-10-16(22)17(23)21(4)13-14-8-7-9-15(20)12-14/h7-9,12,16H,5-6,10-11,13H2,1-4H3. The summed E-state index contributed by atoms with van der Waals surface area (Å²) < 4.78 is 5.47. The first-order valence-electron chi connectivity index (χ1n) is 8.66. The van der Waals surface area contributed by atoms with Crippen molar-refractivity contribution in [2.45, 2.75) is 58.2 Å². The van der Waals surface area contributed by atoms with Gasteiger partial charge in [-0.2, -0.15) is 0 Å². The van der Waals surface area contributed by atoms with Crippen LogP contribution in [0.2, 0.25) is 5.02 Å². The monoisotopic (exact) mass is 366 g/mol. The van der Waals surface area contributed by atoms with Crippen LogP contribution in [0, 0.1) is 0 Å². The van der Waals surface area contributed by atoms with Gasteiger partial charge in [-0.25, -0.2) is 4.79 Å². The highest BCUT2D eigenvalue weighted by Crippen LogP contribution is 2.22. The van der Waals surface area contributed by atoms with E-state index in [0.29, 0.717) is 24.5 Å². The van der Waals surface area contributed by atoms with E-state index in [1.807, 2.05) is 39.0 Å². The van der Waals surface area contributed by atoms with Gasteiger partial charge < -0.3 is 9.64 Å². The number of hydrogen-bond donors (Lipinski definition) is 0. The zero-order chi connectivity index (χ0) is 18.6. The van der Waals surface area contributed by atoms with Crippen LogP contribution in [0.15, 0.2) is 24.3 Å². The first-order valence-corrected chi connectivity index (χ1v) is 9.04. The van der Waals surface area contributed by atoms with Gasteiger partial charge in [-0.15, -0.1) is 0 Å². The molecular formula is C19H27ClN2O3. The molecular weight excluding hydrogens is 340 g/mol. The van der Waals surface area contributed by atoms with Crippen molar-refractivity contribution in [2.24, 2.45) is 0 Å². The molecule has 1 aliphatic heterocycles. The molecule has 1 unspecified atom stereocenters. The molecule has 1 aromatic carbocycles. The molecule has 1 saturated heterocycles. The Morgan fingerprint density at radius 2 is 2.04 bits per heavy atom. The summed E-state index contributed by atoms with van der Waals surface area (Å²) in [5.41, 5.74) is 0.387. The highest BCUT2D eigenvalue weighted by atomic mass is 35.5. The van der Waals surface area contributed by atoms with Crippen molar-refractivity contribution < 1.29 is 14.3 Å².